The first kappa shape index (κ1) is 21.1. The number of likely N-dealkylation sites (tertiary alicyclic amines) is 1. The second-order valence-corrected chi connectivity index (χ2v) is 8.68. The molecular formula is C25H29N3O3. The number of hydrogen-bond acceptors (Lipinski definition) is 5. The van der Waals surface area contributed by atoms with Gasteiger partial charge in [-0.05, 0) is 67.1 Å². The molecule has 0 bridgehead atoms. The highest BCUT2D eigenvalue weighted by Crippen LogP contribution is 2.34. The van der Waals surface area contributed by atoms with Crippen molar-refractivity contribution in [3.05, 3.63) is 65.0 Å². The number of ether oxygens (including phenoxy) is 1. The fourth-order valence-electron chi connectivity index (χ4n) is 3.74. The predicted molar refractivity (Wildman–Crippen MR) is 119 cm³/mol. The first-order chi connectivity index (χ1) is 14.9. The van der Waals surface area contributed by atoms with Crippen LogP contribution in [0.5, 0.6) is 5.75 Å². The molecule has 0 radical (unpaired) electrons. The van der Waals surface area contributed by atoms with E-state index in [2.05, 4.69) is 56.0 Å². The molecule has 4 rings (SSSR count). The summed E-state index contributed by atoms with van der Waals surface area (Å²) < 4.78 is 11.3. The van der Waals surface area contributed by atoms with E-state index < -0.39 is 0 Å². The molecule has 1 unspecified atom stereocenters. The maximum Gasteiger partial charge on any atom is 0.249 e. The molecule has 1 amide bonds. The summed E-state index contributed by atoms with van der Waals surface area (Å²) in [5.41, 5.74) is 4.44. The molecule has 0 saturated carbocycles. The largest absolute Gasteiger partial charge is 0.493 e. The predicted octanol–water partition coefficient (Wildman–Crippen LogP) is 5.25. The molecule has 1 saturated heterocycles. The molecule has 2 heterocycles. The number of nitrogens with zero attached hydrogens (tertiary/aromatic N) is 3. The lowest BCUT2D eigenvalue weighted by molar-refractivity contribution is -0.130. The molecular weight excluding hydrogens is 390 g/mol. The Morgan fingerprint density at radius 2 is 1.90 bits per heavy atom. The van der Waals surface area contributed by atoms with Gasteiger partial charge in [-0.15, -0.1) is 0 Å². The second kappa shape index (κ2) is 8.92. The van der Waals surface area contributed by atoms with Gasteiger partial charge in [0.15, 0.2) is 0 Å². The summed E-state index contributed by atoms with van der Waals surface area (Å²) in [6.45, 7) is 9.64. The summed E-state index contributed by atoms with van der Waals surface area (Å²) in [4.78, 5) is 19.0. The highest BCUT2D eigenvalue weighted by Gasteiger charge is 2.36. The second-order valence-electron chi connectivity index (χ2n) is 8.68. The average molecular weight is 420 g/mol. The summed E-state index contributed by atoms with van der Waals surface area (Å²) in [7, 11) is 0. The fourth-order valence-corrected chi connectivity index (χ4v) is 3.74. The van der Waals surface area contributed by atoms with Crippen molar-refractivity contribution in [2.24, 2.45) is 5.92 Å². The quantitative estimate of drug-likeness (QED) is 0.523. The third kappa shape index (κ3) is 4.79. The van der Waals surface area contributed by atoms with Crippen LogP contribution >= 0.6 is 0 Å². The third-order valence-electron chi connectivity index (χ3n) is 5.68. The topological polar surface area (TPSA) is 68.5 Å². The Balaban J connectivity index is 1.49. The number of carbonyl (C=O) groups is 1. The van der Waals surface area contributed by atoms with Crippen LogP contribution in [0.15, 0.2) is 47.0 Å². The van der Waals surface area contributed by atoms with Crippen molar-refractivity contribution in [3.63, 3.8) is 0 Å². The fraction of sp³-hybridized carbons (Fsp3) is 0.400. The van der Waals surface area contributed by atoms with Gasteiger partial charge in [0.05, 0.1) is 6.61 Å². The normalized spacial score (nSPS) is 16.4. The maximum absolute atomic E-state index is 12.6. The molecule has 6 heteroatoms. The van der Waals surface area contributed by atoms with Crippen LogP contribution in [0.2, 0.25) is 0 Å². The first-order valence-corrected chi connectivity index (χ1v) is 10.8. The van der Waals surface area contributed by atoms with E-state index in [4.69, 9.17) is 9.26 Å². The lowest BCUT2D eigenvalue weighted by atomic mass is 10.1. The molecule has 1 aliphatic heterocycles. The van der Waals surface area contributed by atoms with Gasteiger partial charge in [-0.3, -0.25) is 4.79 Å². The summed E-state index contributed by atoms with van der Waals surface area (Å²) in [5, 5.41) is 4.16. The van der Waals surface area contributed by atoms with Gasteiger partial charge < -0.3 is 14.2 Å². The van der Waals surface area contributed by atoms with E-state index in [1.54, 1.807) is 0 Å². The molecule has 1 aliphatic rings. The minimum atomic E-state index is -0.191. The van der Waals surface area contributed by atoms with Gasteiger partial charge in [-0.2, -0.15) is 4.98 Å². The molecule has 1 fully saturated rings. The summed E-state index contributed by atoms with van der Waals surface area (Å²) in [6.07, 6.45) is 1.18. The Hall–Kier alpha value is -3.15. The molecule has 0 N–H and O–H groups in total. The van der Waals surface area contributed by atoms with E-state index in [1.165, 1.54) is 11.1 Å². The van der Waals surface area contributed by atoms with Crippen molar-refractivity contribution in [2.75, 3.05) is 6.61 Å². The van der Waals surface area contributed by atoms with E-state index >= 15 is 0 Å². The number of carbonyl (C=O) groups excluding carboxylic acids is 1. The molecule has 1 aromatic heterocycles. The molecule has 1 atom stereocenters. The Morgan fingerprint density at radius 3 is 2.61 bits per heavy atom. The zero-order chi connectivity index (χ0) is 22.0. The van der Waals surface area contributed by atoms with E-state index in [1.807, 2.05) is 29.2 Å². The Bertz CT molecular complexity index is 1060. The zero-order valence-corrected chi connectivity index (χ0v) is 18.6. The van der Waals surface area contributed by atoms with Crippen LogP contribution in [-0.4, -0.2) is 27.6 Å². The Kier molecular flexibility index (Phi) is 6.07. The number of hydrogen-bond donors (Lipinski definition) is 0. The van der Waals surface area contributed by atoms with Crippen LogP contribution in [0.25, 0.3) is 11.4 Å². The van der Waals surface area contributed by atoms with Gasteiger partial charge in [-0.1, -0.05) is 37.2 Å². The van der Waals surface area contributed by atoms with Crippen LogP contribution in [-0.2, 0) is 11.3 Å². The number of aromatic nitrogens is 2. The highest BCUT2D eigenvalue weighted by atomic mass is 16.5. The Morgan fingerprint density at radius 1 is 1.13 bits per heavy atom. The first-order valence-electron chi connectivity index (χ1n) is 10.8. The van der Waals surface area contributed by atoms with Crippen LogP contribution in [0, 0.1) is 19.8 Å². The molecule has 6 nitrogen and oxygen atoms in total. The van der Waals surface area contributed by atoms with E-state index in [-0.39, 0.29) is 11.9 Å². The van der Waals surface area contributed by atoms with Crippen LogP contribution in [0.4, 0.5) is 0 Å². The Labute approximate surface area is 183 Å². The van der Waals surface area contributed by atoms with Crippen LogP contribution < -0.4 is 4.74 Å². The summed E-state index contributed by atoms with van der Waals surface area (Å²) in [6, 6.07) is 13.8. The van der Waals surface area contributed by atoms with E-state index in [9.17, 15) is 4.79 Å². The smallest absolute Gasteiger partial charge is 0.249 e. The molecule has 3 aromatic rings. The lowest BCUT2D eigenvalue weighted by Gasteiger charge is -2.22. The maximum atomic E-state index is 12.6. The van der Waals surface area contributed by atoms with Crippen molar-refractivity contribution >= 4 is 5.91 Å². The van der Waals surface area contributed by atoms with Crippen molar-refractivity contribution in [1.82, 2.24) is 15.0 Å². The van der Waals surface area contributed by atoms with Crippen LogP contribution in [0.3, 0.4) is 0 Å². The average Bonchev–Trinajstić information content (AvgIpc) is 3.37. The minimum absolute atomic E-state index is 0.120. The monoisotopic (exact) mass is 419 g/mol. The summed E-state index contributed by atoms with van der Waals surface area (Å²) in [5.74, 6) is 2.43. The molecule has 0 aliphatic carbocycles. The SMILES string of the molecule is Cc1ccc(CN2C(=O)CCC2c2nc(-c3ccc(OCC(C)C)cc3)no2)cc1C. The van der Waals surface area contributed by atoms with Crippen molar-refractivity contribution in [2.45, 2.75) is 53.1 Å². The van der Waals surface area contributed by atoms with Crippen molar-refractivity contribution < 1.29 is 14.1 Å². The molecule has 2 aromatic carbocycles. The van der Waals surface area contributed by atoms with Gasteiger partial charge in [-0.25, -0.2) is 0 Å². The number of benzene rings is 2. The lowest BCUT2D eigenvalue weighted by Crippen LogP contribution is -2.27. The van der Waals surface area contributed by atoms with Gasteiger partial charge in [0.25, 0.3) is 0 Å². The van der Waals surface area contributed by atoms with Gasteiger partial charge in [0.1, 0.15) is 11.8 Å². The van der Waals surface area contributed by atoms with Gasteiger partial charge in [0.2, 0.25) is 17.6 Å². The molecule has 162 valence electrons. The number of rotatable bonds is 7. The number of amides is 1. The van der Waals surface area contributed by atoms with E-state index in [0.29, 0.717) is 43.6 Å². The zero-order valence-electron chi connectivity index (χ0n) is 18.6. The van der Waals surface area contributed by atoms with Gasteiger partial charge in [0, 0.05) is 18.5 Å². The molecule has 0 spiro atoms. The van der Waals surface area contributed by atoms with Crippen molar-refractivity contribution in [3.8, 4) is 17.1 Å². The highest BCUT2D eigenvalue weighted by molar-refractivity contribution is 5.78. The minimum Gasteiger partial charge on any atom is -0.493 e. The standard InChI is InChI=1S/C25H29N3O3/c1-16(2)15-30-21-9-7-20(8-10-21)24-26-25(31-27-24)22-11-12-23(29)28(22)14-19-6-5-17(3)18(4)13-19/h5-10,13,16,22H,11-12,14-15H2,1-4H3. The van der Waals surface area contributed by atoms with E-state index in [0.717, 1.165) is 16.9 Å². The molecule has 31 heavy (non-hydrogen) atoms. The summed E-state index contributed by atoms with van der Waals surface area (Å²) >= 11 is 0. The van der Waals surface area contributed by atoms with Crippen molar-refractivity contribution in [1.29, 1.82) is 0 Å². The number of aryl methyl sites for hydroxylation is 2. The third-order valence-corrected chi connectivity index (χ3v) is 5.68. The van der Waals surface area contributed by atoms with Gasteiger partial charge >= 0.3 is 0 Å². The van der Waals surface area contributed by atoms with Crippen LogP contribution in [0.1, 0.15) is 55.3 Å².